The number of aliphatic carboxylic acids is 1. The average Bonchev–Trinajstić information content (AvgIpc) is 2.91. The molecule has 2 heterocycles. The second kappa shape index (κ2) is 9.03. The molecule has 2 saturated heterocycles. The predicted molar refractivity (Wildman–Crippen MR) is 100 cm³/mol. The second-order valence-electron chi connectivity index (χ2n) is 7.43. The molecule has 0 aliphatic carbocycles. The first-order chi connectivity index (χ1) is 13.0. The third-order valence-corrected chi connectivity index (χ3v) is 6.73. The van der Waals surface area contributed by atoms with Gasteiger partial charge < -0.3 is 31.5 Å². The fourth-order valence-corrected chi connectivity index (χ4v) is 4.86. The van der Waals surface area contributed by atoms with E-state index in [1.807, 2.05) is 0 Å². The van der Waals surface area contributed by atoms with Gasteiger partial charge in [-0.2, -0.15) is 17.4 Å². The standard InChI is InChI=1S/C14H28BN5O7S/c1-9(16)12(21)18-14(13(22)23)8-20(7-10(14)3-2-4-15(24)25)28(26,27)19-11-5-17-6-11/h9-11,17,19,24-25H,2-8,16H2,1H3,(H,18,21)(H,22,23)/t9-,10-,14-/m0/s1. The van der Waals surface area contributed by atoms with Crippen molar-refractivity contribution in [3.8, 4) is 0 Å². The molecule has 0 spiro atoms. The smallest absolute Gasteiger partial charge is 0.451 e. The zero-order valence-corrected chi connectivity index (χ0v) is 16.5. The van der Waals surface area contributed by atoms with Crippen molar-refractivity contribution in [1.82, 2.24) is 19.7 Å². The van der Waals surface area contributed by atoms with Gasteiger partial charge in [-0.15, -0.1) is 0 Å². The summed E-state index contributed by atoms with van der Waals surface area (Å²) in [7, 11) is -5.51. The Morgan fingerprint density at radius 3 is 2.50 bits per heavy atom. The summed E-state index contributed by atoms with van der Waals surface area (Å²) in [4.78, 5) is 24.3. The predicted octanol–water partition coefficient (Wildman–Crippen LogP) is -3.74. The SMILES string of the molecule is C[C@H](N)C(=O)N[C@@]1(C(=O)O)CN(S(=O)(=O)NC2CNC2)C[C@@H]1CCCB(O)O. The number of nitrogens with one attached hydrogen (secondary N) is 3. The lowest BCUT2D eigenvalue weighted by Gasteiger charge is -2.32. The molecule has 0 unspecified atom stereocenters. The van der Waals surface area contributed by atoms with Gasteiger partial charge in [0, 0.05) is 38.1 Å². The van der Waals surface area contributed by atoms with Gasteiger partial charge in [0.25, 0.3) is 10.2 Å². The highest BCUT2D eigenvalue weighted by atomic mass is 32.2. The van der Waals surface area contributed by atoms with Gasteiger partial charge in [0.1, 0.15) is 0 Å². The minimum atomic E-state index is -3.96. The number of rotatable bonds is 10. The highest BCUT2D eigenvalue weighted by Gasteiger charge is 2.56. The summed E-state index contributed by atoms with van der Waals surface area (Å²) in [6.45, 7) is 1.80. The molecule has 3 atom stereocenters. The van der Waals surface area contributed by atoms with E-state index in [0.29, 0.717) is 13.1 Å². The van der Waals surface area contributed by atoms with Gasteiger partial charge in [0.2, 0.25) is 5.91 Å². The molecule has 8 N–H and O–H groups in total. The van der Waals surface area contributed by atoms with Crippen LogP contribution in [0.3, 0.4) is 0 Å². The molecule has 28 heavy (non-hydrogen) atoms. The van der Waals surface area contributed by atoms with Crippen LogP contribution in [0, 0.1) is 5.92 Å². The molecule has 0 radical (unpaired) electrons. The van der Waals surface area contributed by atoms with Crippen LogP contribution >= 0.6 is 0 Å². The van der Waals surface area contributed by atoms with Crippen LogP contribution in [0.4, 0.5) is 0 Å². The second-order valence-corrected chi connectivity index (χ2v) is 9.14. The number of nitrogens with zero attached hydrogens (tertiary/aromatic N) is 1. The van der Waals surface area contributed by atoms with E-state index < -0.39 is 53.2 Å². The number of amides is 1. The van der Waals surface area contributed by atoms with Crippen LogP contribution < -0.4 is 21.1 Å². The molecule has 2 aliphatic rings. The Morgan fingerprint density at radius 2 is 2.04 bits per heavy atom. The van der Waals surface area contributed by atoms with Gasteiger partial charge in [-0.3, -0.25) is 4.79 Å². The summed E-state index contributed by atoms with van der Waals surface area (Å²) in [5.41, 5.74) is 3.70. The maximum Gasteiger partial charge on any atom is 0.451 e. The van der Waals surface area contributed by atoms with Gasteiger partial charge >= 0.3 is 13.1 Å². The molecule has 0 aromatic carbocycles. The highest BCUT2D eigenvalue weighted by molar-refractivity contribution is 7.87. The van der Waals surface area contributed by atoms with E-state index in [0.717, 1.165) is 4.31 Å². The van der Waals surface area contributed by atoms with Crippen molar-refractivity contribution < 1.29 is 33.2 Å². The topological polar surface area (TPSA) is 194 Å². The minimum absolute atomic E-state index is 0.00613. The number of carboxylic acids is 1. The first-order valence-corrected chi connectivity index (χ1v) is 10.6. The zero-order chi connectivity index (χ0) is 21.1. The minimum Gasteiger partial charge on any atom is -0.479 e. The molecule has 0 bridgehead atoms. The molecule has 0 saturated carbocycles. The average molecular weight is 421 g/mol. The maximum atomic E-state index is 12.7. The van der Waals surface area contributed by atoms with Crippen LogP contribution in [0.2, 0.25) is 6.32 Å². The van der Waals surface area contributed by atoms with Crippen LogP contribution in [0.5, 0.6) is 0 Å². The zero-order valence-electron chi connectivity index (χ0n) is 15.7. The Labute approximate surface area is 164 Å². The van der Waals surface area contributed by atoms with E-state index in [1.165, 1.54) is 6.92 Å². The van der Waals surface area contributed by atoms with E-state index in [1.54, 1.807) is 0 Å². The number of carbonyl (C=O) groups excluding carboxylic acids is 1. The van der Waals surface area contributed by atoms with E-state index >= 15 is 0 Å². The normalized spacial score (nSPS) is 27.2. The van der Waals surface area contributed by atoms with E-state index in [-0.39, 0.29) is 31.7 Å². The molecule has 12 nitrogen and oxygen atoms in total. The van der Waals surface area contributed by atoms with Gasteiger partial charge in [-0.25, -0.2) is 4.79 Å². The van der Waals surface area contributed by atoms with Crippen molar-refractivity contribution in [3.05, 3.63) is 0 Å². The number of carboxylic acid groups (broad SMARTS) is 1. The molecular weight excluding hydrogens is 393 g/mol. The Bertz CT molecular complexity index is 688. The molecule has 0 aromatic rings. The van der Waals surface area contributed by atoms with Gasteiger partial charge in [-0.1, -0.05) is 6.42 Å². The Balaban J connectivity index is 2.25. The fourth-order valence-electron chi connectivity index (χ4n) is 3.37. The lowest BCUT2D eigenvalue weighted by molar-refractivity contribution is -0.149. The summed E-state index contributed by atoms with van der Waals surface area (Å²) in [5, 5.41) is 33.3. The lowest BCUT2D eigenvalue weighted by atomic mass is 9.78. The number of hydrogen-bond donors (Lipinski definition) is 7. The Morgan fingerprint density at radius 1 is 1.39 bits per heavy atom. The summed E-state index contributed by atoms with van der Waals surface area (Å²) < 4.78 is 28.9. The Kier molecular flexibility index (Phi) is 7.41. The Hall–Kier alpha value is -1.29. The van der Waals surface area contributed by atoms with Gasteiger partial charge in [0.15, 0.2) is 5.54 Å². The number of nitrogens with two attached hydrogens (primary N) is 1. The maximum absolute atomic E-state index is 12.7. The summed E-state index contributed by atoms with van der Waals surface area (Å²) in [5.74, 6) is -2.83. The lowest BCUT2D eigenvalue weighted by Crippen LogP contribution is -2.63. The highest BCUT2D eigenvalue weighted by Crippen LogP contribution is 2.34. The largest absolute Gasteiger partial charge is 0.479 e. The quantitative estimate of drug-likeness (QED) is 0.174. The van der Waals surface area contributed by atoms with E-state index in [9.17, 15) is 23.1 Å². The van der Waals surface area contributed by atoms with Crippen molar-refractivity contribution in [2.45, 2.75) is 43.7 Å². The van der Waals surface area contributed by atoms with Crippen molar-refractivity contribution >= 4 is 29.2 Å². The number of carbonyl (C=O) groups is 2. The van der Waals surface area contributed by atoms with Crippen molar-refractivity contribution in [3.63, 3.8) is 0 Å². The molecule has 14 heteroatoms. The van der Waals surface area contributed by atoms with Crippen molar-refractivity contribution in [2.24, 2.45) is 11.7 Å². The van der Waals surface area contributed by atoms with Crippen LogP contribution in [0.25, 0.3) is 0 Å². The van der Waals surface area contributed by atoms with Crippen molar-refractivity contribution in [2.75, 3.05) is 26.2 Å². The van der Waals surface area contributed by atoms with Crippen LogP contribution in [-0.4, -0.2) is 90.7 Å². The van der Waals surface area contributed by atoms with Crippen LogP contribution in [-0.2, 0) is 19.8 Å². The molecule has 2 aliphatic heterocycles. The summed E-state index contributed by atoms with van der Waals surface area (Å²) in [6, 6.07) is -1.24. The monoisotopic (exact) mass is 421 g/mol. The van der Waals surface area contributed by atoms with Crippen molar-refractivity contribution in [1.29, 1.82) is 0 Å². The van der Waals surface area contributed by atoms with E-state index in [2.05, 4.69) is 15.4 Å². The first-order valence-electron chi connectivity index (χ1n) is 9.13. The number of hydrogen-bond acceptors (Lipinski definition) is 8. The molecule has 160 valence electrons. The van der Waals surface area contributed by atoms with E-state index in [4.69, 9.17) is 15.8 Å². The molecule has 0 aromatic heterocycles. The van der Waals surface area contributed by atoms with Gasteiger partial charge in [0.05, 0.1) is 6.04 Å². The van der Waals surface area contributed by atoms with Crippen LogP contribution in [0.1, 0.15) is 19.8 Å². The molecular formula is C14H28BN5O7S. The third-order valence-electron chi connectivity index (χ3n) is 5.14. The van der Waals surface area contributed by atoms with Crippen LogP contribution in [0.15, 0.2) is 0 Å². The fraction of sp³-hybridized carbons (Fsp3) is 0.857. The summed E-state index contributed by atoms with van der Waals surface area (Å²) in [6.07, 6.45) is 0.436. The molecule has 1 amide bonds. The third kappa shape index (κ3) is 5.20. The van der Waals surface area contributed by atoms with Gasteiger partial charge in [-0.05, 0) is 19.7 Å². The molecule has 2 rings (SSSR count). The summed E-state index contributed by atoms with van der Waals surface area (Å²) >= 11 is 0. The first kappa shape index (κ1) is 23.0. The molecule has 2 fully saturated rings.